The molecule has 0 bridgehead atoms. The van der Waals surface area contributed by atoms with Crippen molar-refractivity contribution in [2.45, 2.75) is 47.1 Å². The van der Waals surface area contributed by atoms with Crippen LogP contribution in [0.3, 0.4) is 0 Å². The first-order valence-electron chi connectivity index (χ1n) is 8.67. The van der Waals surface area contributed by atoms with Gasteiger partial charge in [-0.3, -0.25) is 4.79 Å². The normalized spacial score (nSPS) is 21.0. The summed E-state index contributed by atoms with van der Waals surface area (Å²) in [4.78, 5) is 12.3. The molecule has 4 nitrogen and oxygen atoms in total. The highest BCUT2D eigenvalue weighted by Crippen LogP contribution is 2.39. The Morgan fingerprint density at radius 1 is 1.22 bits per heavy atom. The molecule has 0 radical (unpaired) electrons. The zero-order chi connectivity index (χ0) is 17.0. The van der Waals surface area contributed by atoms with Crippen molar-refractivity contribution < 1.29 is 14.3 Å². The molecule has 0 aromatic heterocycles. The van der Waals surface area contributed by atoms with E-state index in [1.54, 1.807) is 0 Å². The molecule has 0 spiro atoms. The van der Waals surface area contributed by atoms with Crippen LogP contribution in [0.15, 0.2) is 18.2 Å². The Morgan fingerprint density at radius 2 is 1.83 bits per heavy atom. The third kappa shape index (κ3) is 4.40. The lowest BCUT2D eigenvalue weighted by Crippen LogP contribution is -2.33. The number of benzene rings is 1. The summed E-state index contributed by atoms with van der Waals surface area (Å²) in [5.74, 6) is 2.67. The van der Waals surface area contributed by atoms with Crippen LogP contribution in [0.4, 0.5) is 0 Å². The highest BCUT2D eigenvalue weighted by atomic mass is 16.5. The second-order valence-corrected chi connectivity index (χ2v) is 6.62. The molecule has 4 heteroatoms. The van der Waals surface area contributed by atoms with Gasteiger partial charge in [-0.05, 0) is 49.8 Å². The molecule has 2 rings (SSSR count). The Balaban J connectivity index is 2.20. The fourth-order valence-corrected chi connectivity index (χ4v) is 2.84. The van der Waals surface area contributed by atoms with Gasteiger partial charge in [0.25, 0.3) is 0 Å². The van der Waals surface area contributed by atoms with E-state index in [-0.39, 0.29) is 17.9 Å². The Morgan fingerprint density at radius 3 is 2.35 bits per heavy atom. The van der Waals surface area contributed by atoms with Crippen LogP contribution in [-0.4, -0.2) is 19.1 Å². The van der Waals surface area contributed by atoms with E-state index in [0.717, 1.165) is 23.5 Å². The summed E-state index contributed by atoms with van der Waals surface area (Å²) in [5.41, 5.74) is 1.06. The minimum Gasteiger partial charge on any atom is -0.490 e. The first-order chi connectivity index (χ1) is 11.0. The van der Waals surface area contributed by atoms with Gasteiger partial charge in [0.1, 0.15) is 0 Å². The molecule has 3 unspecified atom stereocenters. The van der Waals surface area contributed by atoms with Crippen molar-refractivity contribution in [1.29, 1.82) is 0 Å². The summed E-state index contributed by atoms with van der Waals surface area (Å²) in [7, 11) is 0. The maximum absolute atomic E-state index is 12.3. The van der Waals surface area contributed by atoms with Crippen molar-refractivity contribution in [1.82, 2.24) is 5.32 Å². The monoisotopic (exact) mass is 319 g/mol. The fourth-order valence-electron chi connectivity index (χ4n) is 2.84. The summed E-state index contributed by atoms with van der Waals surface area (Å²) in [6, 6.07) is 5.94. The SMILES string of the molecule is CCOc1ccc(C(NC(=O)C2CC2C)C(C)C)cc1OCC. The molecule has 1 aliphatic carbocycles. The molecule has 0 heterocycles. The second-order valence-electron chi connectivity index (χ2n) is 6.62. The van der Waals surface area contributed by atoms with E-state index in [4.69, 9.17) is 9.47 Å². The van der Waals surface area contributed by atoms with Crippen molar-refractivity contribution in [2.24, 2.45) is 17.8 Å². The van der Waals surface area contributed by atoms with Gasteiger partial charge >= 0.3 is 0 Å². The molecule has 0 saturated heterocycles. The molecule has 0 aliphatic heterocycles. The minimum absolute atomic E-state index is 0.00909. The Hall–Kier alpha value is -1.71. The van der Waals surface area contributed by atoms with Crippen LogP contribution in [0, 0.1) is 17.8 Å². The second kappa shape index (κ2) is 7.71. The number of rotatable bonds is 8. The van der Waals surface area contributed by atoms with Gasteiger partial charge in [-0.2, -0.15) is 0 Å². The van der Waals surface area contributed by atoms with Crippen LogP contribution in [0.5, 0.6) is 11.5 Å². The van der Waals surface area contributed by atoms with E-state index < -0.39 is 0 Å². The molecule has 1 amide bonds. The molecule has 1 aromatic rings. The zero-order valence-electron chi connectivity index (χ0n) is 14.9. The van der Waals surface area contributed by atoms with E-state index >= 15 is 0 Å². The summed E-state index contributed by atoms with van der Waals surface area (Å²) in [5, 5.41) is 3.21. The lowest BCUT2D eigenvalue weighted by Gasteiger charge is -2.24. The van der Waals surface area contributed by atoms with Crippen LogP contribution in [-0.2, 0) is 4.79 Å². The first kappa shape index (κ1) is 17.6. The van der Waals surface area contributed by atoms with Gasteiger partial charge in [0, 0.05) is 5.92 Å². The maximum atomic E-state index is 12.3. The number of carbonyl (C=O) groups is 1. The third-order valence-corrected chi connectivity index (χ3v) is 4.34. The van der Waals surface area contributed by atoms with Crippen molar-refractivity contribution in [2.75, 3.05) is 13.2 Å². The molecular weight excluding hydrogens is 290 g/mol. The van der Waals surface area contributed by atoms with E-state index in [1.807, 2.05) is 32.0 Å². The number of hydrogen-bond acceptors (Lipinski definition) is 3. The number of ether oxygens (including phenoxy) is 2. The van der Waals surface area contributed by atoms with Crippen molar-refractivity contribution in [3.8, 4) is 11.5 Å². The highest BCUT2D eigenvalue weighted by Gasteiger charge is 2.40. The predicted molar refractivity (Wildman–Crippen MR) is 91.8 cm³/mol. The van der Waals surface area contributed by atoms with Gasteiger partial charge in [0.15, 0.2) is 11.5 Å². The van der Waals surface area contributed by atoms with E-state index in [1.165, 1.54) is 0 Å². The minimum atomic E-state index is -0.00909. The van der Waals surface area contributed by atoms with Gasteiger partial charge in [-0.25, -0.2) is 0 Å². The standard InChI is InChI=1S/C19H29NO3/c1-6-22-16-9-8-14(11-17(16)23-7-2)18(12(3)4)20-19(21)15-10-13(15)5/h8-9,11-13,15,18H,6-7,10H2,1-5H3,(H,20,21). The molecular formula is C19H29NO3. The van der Waals surface area contributed by atoms with Crippen molar-refractivity contribution in [3.05, 3.63) is 23.8 Å². The average Bonchev–Trinajstić information content (AvgIpc) is 3.24. The number of amides is 1. The third-order valence-electron chi connectivity index (χ3n) is 4.34. The molecule has 1 aromatic carbocycles. The molecule has 1 saturated carbocycles. The lowest BCUT2D eigenvalue weighted by molar-refractivity contribution is -0.123. The Labute approximate surface area is 139 Å². The summed E-state index contributed by atoms with van der Waals surface area (Å²) >= 11 is 0. The average molecular weight is 319 g/mol. The number of nitrogens with one attached hydrogen (secondary N) is 1. The Bertz CT molecular complexity index is 541. The zero-order valence-corrected chi connectivity index (χ0v) is 14.9. The van der Waals surface area contributed by atoms with Crippen LogP contribution in [0.2, 0.25) is 0 Å². The predicted octanol–water partition coefficient (Wildman–Crippen LogP) is 3.95. The van der Waals surface area contributed by atoms with E-state index in [2.05, 4.69) is 26.1 Å². The van der Waals surface area contributed by atoms with E-state index in [0.29, 0.717) is 25.0 Å². The maximum Gasteiger partial charge on any atom is 0.223 e. The largest absolute Gasteiger partial charge is 0.490 e. The van der Waals surface area contributed by atoms with Gasteiger partial charge in [0.2, 0.25) is 5.91 Å². The van der Waals surface area contributed by atoms with Crippen LogP contribution < -0.4 is 14.8 Å². The van der Waals surface area contributed by atoms with Crippen molar-refractivity contribution in [3.63, 3.8) is 0 Å². The van der Waals surface area contributed by atoms with Crippen LogP contribution in [0.25, 0.3) is 0 Å². The quantitative estimate of drug-likeness (QED) is 0.789. The fraction of sp³-hybridized carbons (Fsp3) is 0.632. The molecule has 1 N–H and O–H groups in total. The molecule has 3 atom stereocenters. The highest BCUT2D eigenvalue weighted by molar-refractivity contribution is 5.81. The Kier molecular flexibility index (Phi) is 5.91. The lowest BCUT2D eigenvalue weighted by atomic mass is 9.95. The first-order valence-corrected chi connectivity index (χ1v) is 8.67. The van der Waals surface area contributed by atoms with Crippen LogP contribution in [0.1, 0.15) is 52.6 Å². The van der Waals surface area contributed by atoms with Crippen molar-refractivity contribution >= 4 is 5.91 Å². The number of hydrogen-bond donors (Lipinski definition) is 1. The summed E-state index contributed by atoms with van der Waals surface area (Å²) in [6.07, 6.45) is 1.00. The molecule has 128 valence electrons. The topological polar surface area (TPSA) is 47.6 Å². The molecule has 1 fully saturated rings. The van der Waals surface area contributed by atoms with Gasteiger partial charge in [-0.1, -0.05) is 26.8 Å². The van der Waals surface area contributed by atoms with Gasteiger partial charge < -0.3 is 14.8 Å². The smallest absolute Gasteiger partial charge is 0.223 e. The van der Waals surface area contributed by atoms with Gasteiger partial charge in [0.05, 0.1) is 19.3 Å². The van der Waals surface area contributed by atoms with Crippen LogP contribution >= 0.6 is 0 Å². The summed E-state index contributed by atoms with van der Waals surface area (Å²) < 4.78 is 11.3. The van der Waals surface area contributed by atoms with Gasteiger partial charge in [-0.15, -0.1) is 0 Å². The number of carbonyl (C=O) groups excluding carboxylic acids is 1. The molecule has 1 aliphatic rings. The summed E-state index contributed by atoms with van der Waals surface area (Å²) in [6.45, 7) is 11.5. The van der Waals surface area contributed by atoms with E-state index in [9.17, 15) is 4.79 Å². The molecule has 23 heavy (non-hydrogen) atoms.